The minimum atomic E-state index is -0.193. The van der Waals surface area contributed by atoms with Crippen LogP contribution in [0.25, 0.3) is 0 Å². The van der Waals surface area contributed by atoms with E-state index in [0.29, 0.717) is 12.5 Å². The van der Waals surface area contributed by atoms with Crippen LogP contribution in [0.1, 0.15) is 174 Å². The molecule has 238 valence electrons. The van der Waals surface area contributed by atoms with E-state index in [-0.39, 0.29) is 11.9 Å². The van der Waals surface area contributed by atoms with E-state index >= 15 is 0 Å². The topological polar surface area (TPSA) is 38.3 Å². The molecule has 0 radical (unpaired) electrons. The average Bonchev–Trinajstić information content (AvgIpc) is 2.94. The third-order valence-electron chi connectivity index (χ3n) is 8.35. The van der Waals surface area contributed by atoms with Gasteiger partial charge in [0.2, 0.25) is 0 Å². The lowest BCUT2D eigenvalue weighted by Crippen LogP contribution is -2.16. The summed E-state index contributed by atoms with van der Waals surface area (Å²) in [6.45, 7) is 13.9. The molecule has 1 rings (SSSR count). The Hall–Kier alpha value is -1.35. The number of benzene rings is 1. The molecular weight excluding hydrogens is 502 g/mol. The molecule has 0 bridgehead atoms. The smallest absolute Gasteiger partial charge is 0.313 e. The number of carbonyl (C=O) groups excluding carboxylic acids is 1. The van der Waals surface area contributed by atoms with Crippen LogP contribution in [0.15, 0.2) is 24.3 Å². The Balaban J connectivity index is 1.80. The van der Waals surface area contributed by atoms with Crippen molar-refractivity contribution in [2.45, 2.75) is 169 Å². The molecule has 1 atom stereocenters. The van der Waals surface area contributed by atoms with Gasteiger partial charge < -0.3 is 10.1 Å². The summed E-state index contributed by atoms with van der Waals surface area (Å²) in [5, 5.41) is 3.61. The highest BCUT2D eigenvalue weighted by molar-refractivity contribution is 5.77. The molecule has 1 unspecified atom stereocenters. The van der Waals surface area contributed by atoms with Gasteiger partial charge in [-0.05, 0) is 68.7 Å². The first kappa shape index (κ1) is 37.7. The first-order valence-corrected chi connectivity index (χ1v) is 17.9. The molecule has 1 N–H and O–H groups in total. The summed E-state index contributed by atoms with van der Waals surface area (Å²) in [6, 6.07) is 8.45. The van der Waals surface area contributed by atoms with Gasteiger partial charge >= 0.3 is 5.97 Å². The van der Waals surface area contributed by atoms with Gasteiger partial charge in [-0.2, -0.15) is 0 Å². The van der Waals surface area contributed by atoms with Crippen LogP contribution in [0.5, 0.6) is 0 Å². The Labute approximate surface area is 256 Å². The molecule has 3 heteroatoms. The fourth-order valence-corrected chi connectivity index (χ4v) is 5.60. The van der Waals surface area contributed by atoms with Gasteiger partial charge in [-0.1, -0.05) is 155 Å². The number of esters is 1. The first-order valence-electron chi connectivity index (χ1n) is 17.9. The Morgan fingerprint density at radius 1 is 0.585 bits per heavy atom. The highest BCUT2D eigenvalue weighted by Crippen LogP contribution is 2.19. The van der Waals surface area contributed by atoms with Gasteiger partial charge in [-0.15, -0.1) is 0 Å². The van der Waals surface area contributed by atoms with E-state index in [1.54, 1.807) is 0 Å². The first-order chi connectivity index (χ1) is 19.9. The molecule has 0 fully saturated rings. The number of hydrogen-bond donors (Lipinski definition) is 1. The summed E-state index contributed by atoms with van der Waals surface area (Å²) >= 11 is 0. The number of unbranched alkanes of at least 4 members (excludes halogenated alkanes) is 16. The summed E-state index contributed by atoms with van der Waals surface area (Å²) in [4.78, 5) is 12.4. The normalized spacial score (nSPS) is 12.4. The summed E-state index contributed by atoms with van der Waals surface area (Å²) in [5.41, 5.74) is 2.38. The largest absolute Gasteiger partial charge is 0.465 e. The van der Waals surface area contributed by atoms with Crippen molar-refractivity contribution < 1.29 is 9.53 Å². The van der Waals surface area contributed by atoms with Crippen LogP contribution in [-0.4, -0.2) is 25.7 Å². The zero-order valence-corrected chi connectivity index (χ0v) is 28.1. The van der Waals surface area contributed by atoms with Gasteiger partial charge in [0.25, 0.3) is 0 Å². The van der Waals surface area contributed by atoms with Gasteiger partial charge in [0, 0.05) is 0 Å². The zero-order valence-electron chi connectivity index (χ0n) is 28.1. The second-order valence-electron chi connectivity index (χ2n) is 13.5. The summed E-state index contributed by atoms with van der Waals surface area (Å²) in [7, 11) is 0. The standard InChI is InChI=1S/C38H69NO2/c1-33(2)24-20-16-14-12-10-8-6-7-9-11-13-15-17-21-29-39-30-22-18-19-23-31-41-38(40)35(5)37-27-25-36(26-28-37)32-34(3)4/h25-28,33-35,39H,6-24,29-32H2,1-5H3. The van der Waals surface area contributed by atoms with Crippen LogP contribution in [0, 0.1) is 11.8 Å². The predicted octanol–water partition coefficient (Wildman–Crippen LogP) is 11.2. The summed E-state index contributed by atoms with van der Waals surface area (Å²) in [5.74, 6) is 1.23. The SMILES string of the molecule is CC(C)CCCCCCCCCCCCCCCCNCCCCCCOC(=O)C(C)c1ccc(CC(C)C)cc1. The van der Waals surface area contributed by atoms with E-state index in [1.807, 2.05) is 6.92 Å². The Morgan fingerprint density at radius 2 is 1.02 bits per heavy atom. The van der Waals surface area contributed by atoms with Crippen LogP contribution in [0.3, 0.4) is 0 Å². The second kappa shape index (κ2) is 26.3. The zero-order chi connectivity index (χ0) is 30.0. The van der Waals surface area contributed by atoms with Crippen molar-refractivity contribution in [2.24, 2.45) is 11.8 Å². The van der Waals surface area contributed by atoms with Crippen LogP contribution >= 0.6 is 0 Å². The highest BCUT2D eigenvalue weighted by Gasteiger charge is 2.16. The van der Waals surface area contributed by atoms with Crippen molar-refractivity contribution in [3.05, 3.63) is 35.4 Å². The lowest BCUT2D eigenvalue weighted by molar-refractivity contribution is -0.145. The predicted molar refractivity (Wildman–Crippen MR) is 180 cm³/mol. The van der Waals surface area contributed by atoms with Gasteiger partial charge in [0.15, 0.2) is 0 Å². The van der Waals surface area contributed by atoms with Crippen molar-refractivity contribution >= 4 is 5.97 Å². The van der Waals surface area contributed by atoms with Crippen molar-refractivity contribution in [2.75, 3.05) is 19.7 Å². The van der Waals surface area contributed by atoms with Crippen LogP contribution in [-0.2, 0) is 16.0 Å². The number of rotatable bonds is 28. The minimum absolute atomic E-state index is 0.100. The Kier molecular flexibility index (Phi) is 24.2. The molecule has 0 aliphatic rings. The molecule has 1 aromatic carbocycles. The van der Waals surface area contributed by atoms with E-state index in [1.165, 1.54) is 115 Å². The third-order valence-corrected chi connectivity index (χ3v) is 8.35. The lowest BCUT2D eigenvalue weighted by atomic mass is 9.97. The molecular formula is C38H69NO2. The van der Waals surface area contributed by atoms with Crippen LogP contribution in [0.2, 0.25) is 0 Å². The Morgan fingerprint density at radius 3 is 1.49 bits per heavy atom. The van der Waals surface area contributed by atoms with Crippen LogP contribution < -0.4 is 5.32 Å². The van der Waals surface area contributed by atoms with Crippen molar-refractivity contribution in [3.8, 4) is 0 Å². The molecule has 0 aromatic heterocycles. The number of hydrogen-bond acceptors (Lipinski definition) is 3. The molecule has 41 heavy (non-hydrogen) atoms. The van der Waals surface area contributed by atoms with Crippen molar-refractivity contribution in [3.63, 3.8) is 0 Å². The molecule has 0 aliphatic carbocycles. The van der Waals surface area contributed by atoms with E-state index in [4.69, 9.17) is 4.74 Å². The maximum Gasteiger partial charge on any atom is 0.313 e. The third kappa shape index (κ3) is 22.9. The van der Waals surface area contributed by atoms with E-state index in [2.05, 4.69) is 57.3 Å². The fraction of sp³-hybridized carbons (Fsp3) is 0.816. The van der Waals surface area contributed by atoms with Gasteiger partial charge in [0.1, 0.15) is 0 Å². The second-order valence-corrected chi connectivity index (χ2v) is 13.5. The van der Waals surface area contributed by atoms with Crippen molar-refractivity contribution in [1.29, 1.82) is 0 Å². The quantitative estimate of drug-likeness (QED) is 0.0803. The molecule has 0 heterocycles. The Bertz CT molecular complexity index is 711. The van der Waals surface area contributed by atoms with Gasteiger partial charge in [0.05, 0.1) is 12.5 Å². The summed E-state index contributed by atoms with van der Waals surface area (Å²) < 4.78 is 5.55. The molecule has 0 amide bonds. The number of carbonyl (C=O) groups is 1. The lowest BCUT2D eigenvalue weighted by Gasteiger charge is -2.13. The molecule has 1 aromatic rings. The average molecular weight is 572 g/mol. The molecule has 3 nitrogen and oxygen atoms in total. The van der Waals surface area contributed by atoms with Gasteiger partial charge in [-0.3, -0.25) is 4.79 Å². The summed E-state index contributed by atoms with van der Waals surface area (Å²) in [6.07, 6.45) is 27.0. The highest BCUT2D eigenvalue weighted by atomic mass is 16.5. The maximum absolute atomic E-state index is 12.4. The van der Waals surface area contributed by atoms with Gasteiger partial charge in [-0.25, -0.2) is 0 Å². The molecule has 0 saturated heterocycles. The van der Waals surface area contributed by atoms with E-state index in [9.17, 15) is 4.79 Å². The van der Waals surface area contributed by atoms with Crippen molar-refractivity contribution in [1.82, 2.24) is 5.32 Å². The maximum atomic E-state index is 12.4. The fourth-order valence-electron chi connectivity index (χ4n) is 5.60. The van der Waals surface area contributed by atoms with Crippen LogP contribution in [0.4, 0.5) is 0 Å². The number of ether oxygens (including phenoxy) is 1. The molecule has 0 aliphatic heterocycles. The molecule has 0 spiro atoms. The minimum Gasteiger partial charge on any atom is -0.465 e. The monoisotopic (exact) mass is 572 g/mol. The van der Waals surface area contributed by atoms with E-state index < -0.39 is 0 Å². The molecule has 0 saturated carbocycles. The van der Waals surface area contributed by atoms with E-state index in [0.717, 1.165) is 43.8 Å². The number of nitrogens with one attached hydrogen (secondary N) is 1.